The van der Waals surface area contributed by atoms with Crippen LogP contribution in [0.25, 0.3) is 0 Å². The highest BCUT2D eigenvalue weighted by atomic mass is 127. The van der Waals surface area contributed by atoms with Gasteiger partial charge in [0.05, 0.1) is 0 Å². The lowest BCUT2D eigenvalue weighted by atomic mass is 10.2. The Balaban J connectivity index is 0.00000300. The first kappa shape index (κ1) is 23.4. The summed E-state index contributed by atoms with van der Waals surface area (Å²) >= 11 is 0. The molecule has 160 valence electrons. The van der Waals surface area contributed by atoms with Crippen LogP contribution in [0.3, 0.4) is 0 Å². The molecule has 1 aromatic heterocycles. The number of benzene rings is 1. The minimum atomic E-state index is -0.233. The standard InChI is InChI=1S/C20H29FN6O.HI/c1-3-22-19(25(2)15-16-8-10-17(21)11-9-16)23-12-6-14-27-20(28)26-13-5-4-7-18(26)24-27;/h8-11H,3-7,12-15H2,1-2H3,(H,22,23);1H. The third-order valence-corrected chi connectivity index (χ3v) is 4.85. The predicted molar refractivity (Wildman–Crippen MR) is 123 cm³/mol. The number of hydrogen-bond acceptors (Lipinski definition) is 3. The molecule has 3 rings (SSSR count). The van der Waals surface area contributed by atoms with Crippen LogP contribution in [0.2, 0.25) is 0 Å². The summed E-state index contributed by atoms with van der Waals surface area (Å²) in [7, 11) is 1.96. The quantitative estimate of drug-likeness (QED) is 0.266. The van der Waals surface area contributed by atoms with E-state index in [-0.39, 0.29) is 35.5 Å². The number of hydrogen-bond donors (Lipinski definition) is 1. The molecule has 0 aliphatic carbocycles. The van der Waals surface area contributed by atoms with Gasteiger partial charge in [-0.3, -0.25) is 9.56 Å². The lowest BCUT2D eigenvalue weighted by Gasteiger charge is -2.22. The average Bonchev–Trinajstić information content (AvgIpc) is 3.02. The summed E-state index contributed by atoms with van der Waals surface area (Å²) in [6.07, 6.45) is 3.79. The molecule has 0 saturated heterocycles. The molecule has 0 amide bonds. The van der Waals surface area contributed by atoms with Crippen LogP contribution < -0.4 is 11.0 Å². The maximum atomic E-state index is 13.1. The summed E-state index contributed by atoms with van der Waals surface area (Å²) in [6, 6.07) is 6.50. The molecule has 29 heavy (non-hydrogen) atoms. The van der Waals surface area contributed by atoms with E-state index in [2.05, 4.69) is 15.4 Å². The summed E-state index contributed by atoms with van der Waals surface area (Å²) in [4.78, 5) is 19.0. The molecular formula is C20H30FIN6O. The van der Waals surface area contributed by atoms with Crippen LogP contribution in [0.15, 0.2) is 34.1 Å². The Morgan fingerprint density at radius 1 is 1.31 bits per heavy atom. The summed E-state index contributed by atoms with van der Waals surface area (Å²) in [5, 5.41) is 7.74. The zero-order valence-electron chi connectivity index (χ0n) is 17.1. The third-order valence-electron chi connectivity index (χ3n) is 4.85. The lowest BCUT2D eigenvalue weighted by Crippen LogP contribution is -2.38. The molecule has 0 spiro atoms. The minimum absolute atomic E-state index is 0. The van der Waals surface area contributed by atoms with Gasteiger partial charge in [0.2, 0.25) is 0 Å². The van der Waals surface area contributed by atoms with Crippen LogP contribution in [0.4, 0.5) is 4.39 Å². The smallest absolute Gasteiger partial charge is 0.345 e. The fraction of sp³-hybridized carbons (Fsp3) is 0.550. The first-order valence-electron chi connectivity index (χ1n) is 9.99. The number of aryl methyl sites for hydroxylation is 2. The number of aliphatic imine (C=N–C) groups is 1. The Labute approximate surface area is 188 Å². The molecule has 1 aliphatic heterocycles. The van der Waals surface area contributed by atoms with Crippen LogP contribution in [0, 0.1) is 5.82 Å². The van der Waals surface area contributed by atoms with Crippen molar-refractivity contribution in [1.29, 1.82) is 0 Å². The molecule has 0 atom stereocenters. The fourth-order valence-corrected chi connectivity index (χ4v) is 3.41. The molecule has 0 unspecified atom stereocenters. The molecule has 2 heterocycles. The molecule has 0 radical (unpaired) electrons. The minimum Gasteiger partial charge on any atom is -0.357 e. The van der Waals surface area contributed by atoms with E-state index in [0.717, 1.165) is 56.1 Å². The second kappa shape index (κ2) is 11.3. The normalized spacial score (nSPS) is 13.6. The van der Waals surface area contributed by atoms with Crippen LogP contribution in [-0.2, 0) is 26.1 Å². The second-order valence-electron chi connectivity index (χ2n) is 7.10. The predicted octanol–water partition coefficient (Wildman–Crippen LogP) is 2.63. The summed E-state index contributed by atoms with van der Waals surface area (Å²) in [6.45, 7) is 5.38. The molecule has 1 N–H and O–H groups in total. The largest absolute Gasteiger partial charge is 0.357 e. The Bertz CT molecular complexity index is 861. The van der Waals surface area contributed by atoms with E-state index in [0.29, 0.717) is 19.6 Å². The Hall–Kier alpha value is -1.91. The van der Waals surface area contributed by atoms with E-state index in [1.165, 1.54) is 12.1 Å². The molecule has 9 heteroatoms. The molecule has 1 aromatic carbocycles. The van der Waals surface area contributed by atoms with Crippen molar-refractivity contribution >= 4 is 29.9 Å². The molecule has 0 bridgehead atoms. The van der Waals surface area contributed by atoms with Gasteiger partial charge in [-0.15, -0.1) is 24.0 Å². The first-order valence-corrected chi connectivity index (χ1v) is 9.99. The highest BCUT2D eigenvalue weighted by molar-refractivity contribution is 14.0. The second-order valence-corrected chi connectivity index (χ2v) is 7.10. The average molecular weight is 516 g/mol. The van der Waals surface area contributed by atoms with Crippen LogP contribution in [-0.4, -0.2) is 45.3 Å². The molecule has 0 saturated carbocycles. The first-order chi connectivity index (χ1) is 13.6. The fourth-order valence-electron chi connectivity index (χ4n) is 3.41. The van der Waals surface area contributed by atoms with Gasteiger partial charge < -0.3 is 10.2 Å². The van der Waals surface area contributed by atoms with Gasteiger partial charge in [0.25, 0.3) is 0 Å². The van der Waals surface area contributed by atoms with Crippen LogP contribution in [0.1, 0.15) is 37.6 Å². The van der Waals surface area contributed by atoms with Gasteiger partial charge in [-0.05, 0) is 43.9 Å². The molecule has 7 nitrogen and oxygen atoms in total. The highest BCUT2D eigenvalue weighted by Crippen LogP contribution is 2.09. The number of rotatable bonds is 7. The van der Waals surface area contributed by atoms with Gasteiger partial charge >= 0.3 is 5.69 Å². The topological polar surface area (TPSA) is 67.5 Å². The van der Waals surface area contributed by atoms with Gasteiger partial charge in [0.15, 0.2) is 5.96 Å². The van der Waals surface area contributed by atoms with Crippen molar-refractivity contribution in [3.63, 3.8) is 0 Å². The Kier molecular flexibility index (Phi) is 9.12. The number of fused-ring (bicyclic) bond motifs is 1. The van der Waals surface area contributed by atoms with Crippen molar-refractivity contribution in [2.24, 2.45) is 4.99 Å². The third kappa shape index (κ3) is 6.28. The van der Waals surface area contributed by atoms with E-state index in [4.69, 9.17) is 0 Å². The lowest BCUT2D eigenvalue weighted by molar-refractivity contribution is 0.473. The van der Waals surface area contributed by atoms with E-state index >= 15 is 0 Å². The van der Waals surface area contributed by atoms with Crippen molar-refractivity contribution in [1.82, 2.24) is 24.6 Å². The zero-order valence-corrected chi connectivity index (χ0v) is 19.4. The van der Waals surface area contributed by atoms with E-state index < -0.39 is 0 Å². The highest BCUT2D eigenvalue weighted by Gasteiger charge is 2.16. The monoisotopic (exact) mass is 516 g/mol. The maximum absolute atomic E-state index is 13.1. The van der Waals surface area contributed by atoms with Crippen molar-refractivity contribution in [2.45, 2.75) is 52.2 Å². The Morgan fingerprint density at radius 2 is 2.07 bits per heavy atom. The van der Waals surface area contributed by atoms with Gasteiger partial charge in [-0.1, -0.05) is 12.1 Å². The summed E-state index contributed by atoms with van der Waals surface area (Å²) in [5.74, 6) is 1.47. The van der Waals surface area contributed by atoms with Gasteiger partial charge in [0.1, 0.15) is 11.6 Å². The van der Waals surface area contributed by atoms with E-state index in [1.54, 1.807) is 21.4 Å². The van der Waals surface area contributed by atoms with Gasteiger partial charge in [-0.25, -0.2) is 13.9 Å². The molecule has 0 fully saturated rings. The van der Waals surface area contributed by atoms with Crippen molar-refractivity contribution < 1.29 is 4.39 Å². The SMILES string of the molecule is CCNC(=NCCCn1nc2n(c1=O)CCCC2)N(C)Cc1ccc(F)cc1.I. The van der Waals surface area contributed by atoms with Crippen molar-refractivity contribution in [3.05, 3.63) is 52.0 Å². The number of aromatic nitrogens is 3. The van der Waals surface area contributed by atoms with E-state index in [1.807, 2.05) is 18.9 Å². The van der Waals surface area contributed by atoms with Crippen LogP contribution in [0.5, 0.6) is 0 Å². The van der Waals surface area contributed by atoms with Crippen molar-refractivity contribution in [2.75, 3.05) is 20.1 Å². The van der Waals surface area contributed by atoms with Gasteiger partial charge in [-0.2, -0.15) is 5.10 Å². The molecule has 1 aliphatic rings. The number of nitrogens with one attached hydrogen (secondary N) is 1. The molecular weight excluding hydrogens is 486 g/mol. The summed E-state index contributed by atoms with van der Waals surface area (Å²) < 4.78 is 16.4. The van der Waals surface area contributed by atoms with Gasteiger partial charge in [0, 0.05) is 46.2 Å². The van der Waals surface area contributed by atoms with E-state index in [9.17, 15) is 9.18 Å². The number of halogens is 2. The summed E-state index contributed by atoms with van der Waals surface area (Å²) in [5.41, 5.74) is 1.02. The number of guanidine groups is 1. The maximum Gasteiger partial charge on any atom is 0.345 e. The Morgan fingerprint density at radius 3 is 2.76 bits per heavy atom. The molecule has 2 aromatic rings. The zero-order chi connectivity index (χ0) is 19.9. The van der Waals surface area contributed by atoms with Crippen LogP contribution >= 0.6 is 24.0 Å². The van der Waals surface area contributed by atoms with Crippen molar-refractivity contribution in [3.8, 4) is 0 Å². The number of nitrogens with zero attached hydrogens (tertiary/aromatic N) is 5.